The predicted octanol–water partition coefficient (Wildman–Crippen LogP) is 1.40. The van der Waals surface area contributed by atoms with Gasteiger partial charge in [-0.15, -0.1) is 5.11 Å². The Labute approximate surface area is 171 Å². The molecular weight excluding hydrogens is 373 g/mol. The normalized spacial score (nSPS) is 11.6. The molecule has 0 atom stereocenters. The van der Waals surface area contributed by atoms with Crippen LogP contribution in [0.2, 0.25) is 5.02 Å². The Morgan fingerprint density at radius 1 is 0.960 bits per heavy atom. The molecule has 3 rings (SSSR count). The Bertz CT molecular complexity index is 1050. The van der Waals surface area contributed by atoms with E-state index in [-0.39, 0.29) is 51.2 Å². The van der Waals surface area contributed by atoms with Gasteiger partial charge in [-0.2, -0.15) is 5.11 Å². The number of azo groups is 1. The molecule has 0 saturated carbocycles. The van der Waals surface area contributed by atoms with Gasteiger partial charge in [0.05, 0.1) is 16.3 Å². The van der Waals surface area contributed by atoms with E-state index in [0.717, 1.165) is 6.07 Å². The maximum absolute atomic E-state index is 11.5. The average molecular weight is 384 g/mol. The summed E-state index contributed by atoms with van der Waals surface area (Å²) in [5.74, 6) is 0. The van der Waals surface area contributed by atoms with Gasteiger partial charge in [0.1, 0.15) is 15.8 Å². The molecule has 3 aromatic carbocycles. The van der Waals surface area contributed by atoms with Crippen molar-refractivity contribution >= 4 is 49.6 Å². The summed E-state index contributed by atoms with van der Waals surface area (Å²) in [7, 11) is -4.68. The van der Waals surface area contributed by atoms with Gasteiger partial charge in [0.15, 0.2) is 0 Å². The van der Waals surface area contributed by atoms with E-state index in [1.54, 1.807) is 42.5 Å². The second kappa shape index (κ2) is 7.82. The molecule has 0 unspecified atom stereocenters. The van der Waals surface area contributed by atoms with Crippen LogP contribution in [0.4, 0.5) is 17.1 Å². The van der Waals surface area contributed by atoms with Crippen molar-refractivity contribution in [1.82, 2.24) is 0 Å². The first-order valence-electron chi connectivity index (χ1n) is 6.81. The fraction of sp³-hybridized carbons (Fsp3) is 0. The van der Waals surface area contributed by atoms with Crippen LogP contribution < -0.4 is 35.3 Å². The molecule has 0 amide bonds. The maximum Gasteiger partial charge on any atom is 1.00 e. The molecule has 0 aliphatic heterocycles. The van der Waals surface area contributed by atoms with E-state index in [1.165, 1.54) is 6.07 Å². The molecule has 0 bridgehead atoms. The van der Waals surface area contributed by atoms with Crippen LogP contribution in [0.3, 0.4) is 0 Å². The van der Waals surface area contributed by atoms with Crippen molar-refractivity contribution in [3.8, 4) is 0 Å². The van der Waals surface area contributed by atoms with Crippen LogP contribution in [0.1, 0.15) is 0 Å². The number of fused-ring (bicyclic) bond motifs is 1. The van der Waals surface area contributed by atoms with Crippen LogP contribution in [0, 0.1) is 0 Å². The molecule has 0 radical (unpaired) electrons. The van der Waals surface area contributed by atoms with Crippen molar-refractivity contribution < 1.29 is 42.5 Å². The van der Waals surface area contributed by atoms with Crippen LogP contribution in [-0.2, 0) is 10.1 Å². The number of nitrogens with two attached hydrogens (primary N) is 1. The third-order valence-electron chi connectivity index (χ3n) is 3.40. The van der Waals surface area contributed by atoms with E-state index in [2.05, 4.69) is 10.2 Å². The first-order chi connectivity index (χ1) is 11.4. The molecule has 0 heterocycles. The van der Waals surface area contributed by atoms with E-state index in [9.17, 15) is 13.0 Å². The molecule has 0 aliphatic rings. The van der Waals surface area contributed by atoms with E-state index in [0.29, 0.717) is 16.1 Å². The van der Waals surface area contributed by atoms with E-state index >= 15 is 0 Å². The average Bonchev–Trinajstić information content (AvgIpc) is 2.55. The molecule has 3 aromatic rings. The minimum atomic E-state index is -4.68. The van der Waals surface area contributed by atoms with Crippen LogP contribution in [-0.4, -0.2) is 13.0 Å². The monoisotopic (exact) mass is 383 g/mol. The van der Waals surface area contributed by atoms with Crippen LogP contribution >= 0.6 is 11.6 Å². The van der Waals surface area contributed by atoms with Gasteiger partial charge in [-0.3, -0.25) is 0 Å². The Morgan fingerprint density at radius 2 is 1.56 bits per heavy atom. The molecule has 0 aromatic heterocycles. The molecule has 2 N–H and O–H groups in total. The topological polar surface area (TPSA) is 108 Å². The molecular formula is C16H11ClN3NaO3S. The first kappa shape index (κ1) is 19.8. The number of anilines is 1. The number of hydrogen-bond acceptors (Lipinski definition) is 6. The molecule has 0 saturated heterocycles. The largest absolute Gasteiger partial charge is 1.00 e. The second-order valence-electron chi connectivity index (χ2n) is 4.98. The summed E-state index contributed by atoms with van der Waals surface area (Å²) in [4.78, 5) is -0.377. The summed E-state index contributed by atoms with van der Waals surface area (Å²) >= 11 is 5.80. The van der Waals surface area contributed by atoms with E-state index in [1.807, 2.05) is 0 Å². The van der Waals surface area contributed by atoms with Crippen molar-refractivity contribution in [2.24, 2.45) is 10.2 Å². The van der Waals surface area contributed by atoms with E-state index in [4.69, 9.17) is 17.3 Å². The standard InChI is InChI=1S/C16H12ClN3O3S.Na/c17-10-5-7-11(8-6-10)19-20-14-9-15(24(21,22)23)12-3-1-2-4-13(12)16(14)18;/h1-9H,18H2,(H,21,22,23);/q;+1/p-1. The van der Waals surface area contributed by atoms with Crippen molar-refractivity contribution in [3.05, 3.63) is 59.6 Å². The number of nitrogen functional groups attached to an aromatic ring is 1. The van der Waals surface area contributed by atoms with Crippen molar-refractivity contribution in [2.45, 2.75) is 4.90 Å². The van der Waals surface area contributed by atoms with Crippen molar-refractivity contribution in [1.29, 1.82) is 0 Å². The Morgan fingerprint density at radius 3 is 2.16 bits per heavy atom. The quantitative estimate of drug-likeness (QED) is 0.319. The molecule has 9 heteroatoms. The van der Waals surface area contributed by atoms with Gasteiger partial charge < -0.3 is 10.3 Å². The fourth-order valence-corrected chi connectivity index (χ4v) is 3.09. The SMILES string of the molecule is Nc1c(N=Nc2ccc(Cl)cc2)cc(S(=O)(=O)[O-])c2ccccc12.[Na+]. The van der Waals surface area contributed by atoms with Crippen LogP contribution in [0.25, 0.3) is 10.8 Å². The Balaban J connectivity index is 0.00000225. The zero-order valence-electron chi connectivity index (χ0n) is 13.2. The summed E-state index contributed by atoms with van der Waals surface area (Å²) in [6.45, 7) is 0. The number of rotatable bonds is 3. The molecule has 0 fully saturated rings. The third-order valence-corrected chi connectivity index (χ3v) is 4.52. The summed E-state index contributed by atoms with van der Waals surface area (Å²) in [6.07, 6.45) is 0. The van der Waals surface area contributed by atoms with Gasteiger partial charge in [0.2, 0.25) is 0 Å². The number of hydrogen-bond donors (Lipinski definition) is 1. The zero-order valence-corrected chi connectivity index (χ0v) is 16.8. The number of nitrogens with zero attached hydrogens (tertiary/aromatic N) is 2. The van der Waals surface area contributed by atoms with Gasteiger partial charge in [-0.25, -0.2) is 8.42 Å². The van der Waals surface area contributed by atoms with Crippen molar-refractivity contribution in [3.63, 3.8) is 0 Å². The number of benzene rings is 3. The van der Waals surface area contributed by atoms with Crippen molar-refractivity contribution in [2.75, 3.05) is 5.73 Å². The van der Waals surface area contributed by atoms with Crippen LogP contribution in [0.5, 0.6) is 0 Å². The predicted molar refractivity (Wildman–Crippen MR) is 92.0 cm³/mol. The van der Waals surface area contributed by atoms with E-state index < -0.39 is 10.1 Å². The molecule has 6 nitrogen and oxygen atoms in total. The molecule has 0 spiro atoms. The number of halogens is 1. The fourth-order valence-electron chi connectivity index (χ4n) is 2.26. The summed E-state index contributed by atoms with van der Waals surface area (Å²) < 4.78 is 34.6. The van der Waals surface area contributed by atoms with Gasteiger partial charge >= 0.3 is 29.6 Å². The summed E-state index contributed by atoms with van der Waals surface area (Å²) in [6, 6.07) is 14.2. The Kier molecular flexibility index (Phi) is 6.21. The minimum absolute atomic E-state index is 0. The van der Waals surface area contributed by atoms with Crippen LogP contribution in [0.15, 0.2) is 69.7 Å². The first-order valence-corrected chi connectivity index (χ1v) is 8.59. The second-order valence-corrected chi connectivity index (χ2v) is 6.77. The Hall–Kier alpha value is -1.48. The smallest absolute Gasteiger partial charge is 0.744 e. The van der Waals surface area contributed by atoms with Gasteiger partial charge in [0.25, 0.3) is 0 Å². The summed E-state index contributed by atoms with van der Waals surface area (Å²) in [5.41, 5.74) is 6.92. The van der Waals surface area contributed by atoms with Gasteiger partial charge in [-0.05, 0) is 30.3 Å². The van der Waals surface area contributed by atoms with Gasteiger partial charge in [0, 0.05) is 15.8 Å². The minimum Gasteiger partial charge on any atom is -0.744 e. The molecule has 122 valence electrons. The summed E-state index contributed by atoms with van der Waals surface area (Å²) in [5, 5.41) is 9.23. The molecule has 0 aliphatic carbocycles. The zero-order chi connectivity index (χ0) is 17.3. The maximum atomic E-state index is 11.5. The van der Waals surface area contributed by atoms with Gasteiger partial charge in [-0.1, -0.05) is 35.9 Å². The third kappa shape index (κ3) is 4.38. The molecule has 25 heavy (non-hydrogen) atoms.